The average Bonchev–Trinajstić information content (AvgIpc) is 3.08. The van der Waals surface area contributed by atoms with Crippen molar-refractivity contribution in [1.29, 1.82) is 0 Å². The normalized spacial score (nSPS) is 18.1. The summed E-state index contributed by atoms with van der Waals surface area (Å²) in [6.45, 7) is 6.44. The summed E-state index contributed by atoms with van der Waals surface area (Å²) in [5.41, 5.74) is 1.15. The third-order valence-electron chi connectivity index (χ3n) is 4.51. The minimum atomic E-state index is -4.18. The van der Waals surface area contributed by atoms with Gasteiger partial charge in [-0.2, -0.15) is 13.2 Å². The molecule has 0 amide bonds. The zero-order valence-corrected chi connectivity index (χ0v) is 15.4. The molecule has 6 nitrogen and oxygen atoms in total. The smallest absolute Gasteiger partial charge is 0.390 e. The minimum absolute atomic E-state index is 0.247. The summed E-state index contributed by atoms with van der Waals surface area (Å²) in [6.07, 6.45) is -5.07. The number of nitrogens with zero attached hydrogens (tertiary/aromatic N) is 3. The van der Waals surface area contributed by atoms with E-state index in [1.807, 2.05) is 30.0 Å². The number of aliphatic imine (C=N–C) groups is 1. The molecule has 0 aliphatic carbocycles. The van der Waals surface area contributed by atoms with Gasteiger partial charge in [0.1, 0.15) is 0 Å². The monoisotopic (exact) mass is 386 g/mol. The number of ether oxygens (including phenoxy) is 2. The van der Waals surface area contributed by atoms with Crippen molar-refractivity contribution in [3.63, 3.8) is 0 Å². The van der Waals surface area contributed by atoms with Crippen LogP contribution in [0.1, 0.15) is 18.9 Å². The summed E-state index contributed by atoms with van der Waals surface area (Å²) in [5.74, 6) is 2.11. The van der Waals surface area contributed by atoms with Crippen LogP contribution < -0.4 is 14.8 Å². The Balaban J connectivity index is 1.51. The van der Waals surface area contributed by atoms with E-state index in [1.54, 1.807) is 0 Å². The number of halogens is 3. The predicted molar refractivity (Wildman–Crippen MR) is 96.1 cm³/mol. The molecule has 1 N–H and O–H groups in total. The van der Waals surface area contributed by atoms with Gasteiger partial charge >= 0.3 is 6.18 Å². The van der Waals surface area contributed by atoms with Crippen molar-refractivity contribution >= 4 is 5.96 Å². The van der Waals surface area contributed by atoms with Crippen molar-refractivity contribution < 1.29 is 22.6 Å². The van der Waals surface area contributed by atoms with Crippen molar-refractivity contribution in [2.75, 3.05) is 46.1 Å². The summed E-state index contributed by atoms with van der Waals surface area (Å²) < 4.78 is 47.8. The molecule has 2 aliphatic heterocycles. The van der Waals surface area contributed by atoms with Gasteiger partial charge in [0, 0.05) is 39.3 Å². The number of hydrogen-bond acceptors (Lipinski definition) is 4. The Hall–Kier alpha value is -2.16. The van der Waals surface area contributed by atoms with Crippen LogP contribution in [-0.4, -0.2) is 68.0 Å². The van der Waals surface area contributed by atoms with Gasteiger partial charge < -0.3 is 19.7 Å². The summed E-state index contributed by atoms with van der Waals surface area (Å²) in [6, 6.07) is 5.95. The number of alkyl halides is 3. The van der Waals surface area contributed by atoms with E-state index >= 15 is 0 Å². The van der Waals surface area contributed by atoms with Gasteiger partial charge in [-0.25, -0.2) is 0 Å². The maximum atomic E-state index is 12.3. The van der Waals surface area contributed by atoms with Crippen molar-refractivity contribution in [3.8, 4) is 11.5 Å². The molecule has 1 fully saturated rings. The largest absolute Gasteiger partial charge is 0.454 e. The van der Waals surface area contributed by atoms with Crippen molar-refractivity contribution in [2.45, 2.75) is 26.1 Å². The van der Waals surface area contributed by atoms with Crippen LogP contribution in [-0.2, 0) is 6.54 Å². The number of hydrogen-bond donors (Lipinski definition) is 1. The molecule has 1 aromatic rings. The first-order valence-corrected chi connectivity index (χ1v) is 9.15. The van der Waals surface area contributed by atoms with E-state index in [0.717, 1.165) is 49.8 Å². The molecule has 1 aromatic carbocycles. The number of piperazine rings is 1. The first-order chi connectivity index (χ1) is 12.9. The van der Waals surface area contributed by atoms with Gasteiger partial charge in [0.2, 0.25) is 6.79 Å². The van der Waals surface area contributed by atoms with E-state index in [1.165, 1.54) is 0 Å². The molecule has 0 saturated carbocycles. The highest BCUT2D eigenvalue weighted by molar-refractivity contribution is 5.80. The van der Waals surface area contributed by atoms with Crippen molar-refractivity contribution in [1.82, 2.24) is 15.1 Å². The number of benzene rings is 1. The summed E-state index contributed by atoms with van der Waals surface area (Å²) in [5, 5.41) is 3.09. The number of rotatable bonds is 5. The van der Waals surface area contributed by atoms with E-state index in [2.05, 4.69) is 15.2 Å². The van der Waals surface area contributed by atoms with E-state index in [9.17, 15) is 13.2 Å². The van der Waals surface area contributed by atoms with Gasteiger partial charge in [0.05, 0.1) is 13.0 Å². The second-order valence-electron chi connectivity index (χ2n) is 6.55. The fourth-order valence-corrected chi connectivity index (χ4v) is 3.13. The molecule has 0 spiro atoms. The van der Waals surface area contributed by atoms with E-state index < -0.39 is 12.6 Å². The average molecular weight is 386 g/mol. The first kappa shape index (κ1) is 19.6. The van der Waals surface area contributed by atoms with Gasteiger partial charge in [0.15, 0.2) is 17.5 Å². The molecule has 1 saturated heterocycles. The zero-order chi connectivity index (χ0) is 19.3. The molecule has 0 atom stereocenters. The molecule has 0 aromatic heterocycles. The fraction of sp³-hybridized carbons (Fsp3) is 0.611. The molecule has 27 heavy (non-hydrogen) atoms. The quantitative estimate of drug-likeness (QED) is 0.622. The molecule has 3 rings (SSSR count). The number of guanidine groups is 1. The maximum Gasteiger partial charge on any atom is 0.390 e. The summed E-state index contributed by atoms with van der Waals surface area (Å²) in [4.78, 5) is 8.47. The molecule has 0 radical (unpaired) electrons. The van der Waals surface area contributed by atoms with Gasteiger partial charge in [-0.15, -0.1) is 0 Å². The molecule has 0 unspecified atom stereocenters. The lowest BCUT2D eigenvalue weighted by Gasteiger charge is -2.36. The minimum Gasteiger partial charge on any atom is -0.454 e. The highest BCUT2D eigenvalue weighted by Crippen LogP contribution is 2.32. The van der Waals surface area contributed by atoms with Crippen LogP contribution in [0.25, 0.3) is 0 Å². The van der Waals surface area contributed by atoms with Gasteiger partial charge in [0.25, 0.3) is 0 Å². The molecule has 0 bridgehead atoms. The van der Waals surface area contributed by atoms with Crippen LogP contribution in [0.15, 0.2) is 23.2 Å². The van der Waals surface area contributed by atoms with E-state index in [-0.39, 0.29) is 13.3 Å². The third-order valence-corrected chi connectivity index (χ3v) is 4.51. The predicted octanol–water partition coefficient (Wildman–Crippen LogP) is 2.45. The maximum absolute atomic E-state index is 12.3. The van der Waals surface area contributed by atoms with Crippen molar-refractivity contribution in [3.05, 3.63) is 23.8 Å². The van der Waals surface area contributed by atoms with Crippen LogP contribution in [0.2, 0.25) is 0 Å². The second-order valence-corrected chi connectivity index (χ2v) is 6.55. The molecule has 2 heterocycles. The third kappa shape index (κ3) is 5.66. The van der Waals surface area contributed by atoms with E-state index in [0.29, 0.717) is 12.5 Å². The Bertz CT molecular complexity index is 658. The van der Waals surface area contributed by atoms with Gasteiger partial charge in [-0.1, -0.05) is 6.07 Å². The second kappa shape index (κ2) is 8.69. The van der Waals surface area contributed by atoms with Gasteiger partial charge in [-0.05, 0) is 24.6 Å². The summed E-state index contributed by atoms with van der Waals surface area (Å²) >= 11 is 0. The SMILES string of the molecule is CCNC(=NCCC(F)(F)F)N1CCN(Cc2ccc3c(c2)OCO3)CC1. The van der Waals surface area contributed by atoms with Crippen LogP contribution >= 0.6 is 0 Å². The molecular formula is C18H25F3N4O2. The van der Waals surface area contributed by atoms with Crippen LogP contribution in [0.4, 0.5) is 13.2 Å². The lowest BCUT2D eigenvalue weighted by atomic mass is 10.1. The Morgan fingerprint density at radius 2 is 1.89 bits per heavy atom. The molecule has 2 aliphatic rings. The summed E-state index contributed by atoms with van der Waals surface area (Å²) in [7, 11) is 0. The highest BCUT2D eigenvalue weighted by atomic mass is 19.4. The molecule has 150 valence electrons. The Morgan fingerprint density at radius 1 is 1.15 bits per heavy atom. The first-order valence-electron chi connectivity index (χ1n) is 9.15. The molecular weight excluding hydrogens is 361 g/mol. The van der Waals surface area contributed by atoms with E-state index in [4.69, 9.17) is 9.47 Å². The number of fused-ring (bicyclic) bond motifs is 1. The van der Waals surface area contributed by atoms with Crippen LogP contribution in [0, 0.1) is 0 Å². The van der Waals surface area contributed by atoms with Gasteiger partial charge in [-0.3, -0.25) is 9.89 Å². The van der Waals surface area contributed by atoms with Crippen molar-refractivity contribution in [2.24, 2.45) is 4.99 Å². The number of nitrogens with one attached hydrogen (secondary N) is 1. The standard InChI is InChI=1S/C18H25F3N4O2/c1-2-22-17(23-6-5-18(19,20)21)25-9-7-24(8-10-25)12-14-3-4-15-16(11-14)27-13-26-15/h3-4,11H,2,5-10,12-13H2,1H3,(H,22,23). The fourth-order valence-electron chi connectivity index (χ4n) is 3.13. The van der Waals surface area contributed by atoms with Crippen LogP contribution in [0.3, 0.4) is 0 Å². The Kier molecular flexibility index (Phi) is 6.30. The van der Waals surface area contributed by atoms with Crippen LogP contribution in [0.5, 0.6) is 11.5 Å². The molecule has 9 heteroatoms. The highest BCUT2D eigenvalue weighted by Gasteiger charge is 2.27. The lowest BCUT2D eigenvalue weighted by Crippen LogP contribution is -2.52. The lowest BCUT2D eigenvalue weighted by molar-refractivity contribution is -0.132. The topological polar surface area (TPSA) is 49.3 Å². The Labute approximate surface area is 156 Å². The Morgan fingerprint density at radius 3 is 2.59 bits per heavy atom. The zero-order valence-electron chi connectivity index (χ0n) is 15.4.